The van der Waals surface area contributed by atoms with Gasteiger partial charge in [-0.05, 0) is 35.7 Å². The van der Waals surface area contributed by atoms with Crippen LogP contribution in [0.4, 0.5) is 5.82 Å². The average Bonchev–Trinajstić information content (AvgIpc) is 3.60. The van der Waals surface area contributed by atoms with E-state index in [1.807, 2.05) is 12.1 Å². The van der Waals surface area contributed by atoms with E-state index in [0.29, 0.717) is 0 Å². The van der Waals surface area contributed by atoms with Crippen molar-refractivity contribution in [1.82, 2.24) is 30.1 Å². The third-order valence-corrected chi connectivity index (χ3v) is 7.13. The number of nitrogens with zero attached hydrogens (tertiary/aromatic N) is 5. The van der Waals surface area contributed by atoms with Gasteiger partial charge >= 0.3 is 0 Å². The number of aromatic amines is 2. The van der Waals surface area contributed by atoms with E-state index >= 15 is 0 Å². The second-order valence-corrected chi connectivity index (χ2v) is 9.47. The molecule has 1 saturated heterocycles. The normalized spacial score (nSPS) is 14.2. The molecule has 4 N–H and O–H groups in total. The number of rotatable bonds is 4. The number of thiophene rings is 1. The van der Waals surface area contributed by atoms with Gasteiger partial charge in [0.15, 0.2) is 0 Å². The van der Waals surface area contributed by atoms with Crippen molar-refractivity contribution in [3.8, 4) is 33.2 Å². The summed E-state index contributed by atoms with van der Waals surface area (Å²) in [5, 5.41) is 11.0. The van der Waals surface area contributed by atoms with E-state index in [9.17, 15) is 0 Å². The summed E-state index contributed by atoms with van der Waals surface area (Å²) < 4.78 is 0. The fourth-order valence-corrected chi connectivity index (χ4v) is 5.26. The third kappa shape index (κ3) is 3.09. The Kier molecular flexibility index (Phi) is 4.26. The second kappa shape index (κ2) is 7.47. The Morgan fingerprint density at radius 1 is 0.971 bits per heavy atom. The molecule has 0 atom stereocenters. The molecule has 1 fully saturated rings. The molecule has 9 heteroatoms. The number of nitrogens with one attached hydrogen (secondary N) is 2. The number of hydrogen-bond acceptors (Lipinski definition) is 7. The van der Waals surface area contributed by atoms with Gasteiger partial charge in [0.2, 0.25) is 0 Å². The summed E-state index contributed by atoms with van der Waals surface area (Å²) in [7, 11) is 0. The van der Waals surface area contributed by atoms with Crippen molar-refractivity contribution in [1.29, 1.82) is 0 Å². The molecule has 34 heavy (non-hydrogen) atoms. The molecule has 0 aliphatic carbocycles. The van der Waals surface area contributed by atoms with Gasteiger partial charge in [-0.2, -0.15) is 5.10 Å². The van der Waals surface area contributed by atoms with Crippen molar-refractivity contribution < 1.29 is 0 Å². The standard InChI is InChI=1S/C25H20N8S/c26-14-12-33(13-14)23-11-27-10-21(29-23)18-6-7-19-24(30-18)25(32-31-19)20-9-16-15(22-5-2-8-34-22)3-1-4-17(16)28-20/h1-11,14,28H,12-13,26H2,(H,31,32). The topological polar surface area (TPSA) is 112 Å². The molecule has 0 unspecified atom stereocenters. The Bertz CT molecular complexity index is 1640. The molecule has 0 amide bonds. The van der Waals surface area contributed by atoms with Gasteiger partial charge in [-0.3, -0.25) is 10.1 Å². The summed E-state index contributed by atoms with van der Waals surface area (Å²) in [6.07, 6.45) is 3.51. The van der Waals surface area contributed by atoms with Crippen molar-refractivity contribution in [2.45, 2.75) is 6.04 Å². The summed E-state index contributed by atoms with van der Waals surface area (Å²) in [6.45, 7) is 1.59. The monoisotopic (exact) mass is 464 g/mol. The third-order valence-electron chi connectivity index (χ3n) is 6.23. The molecule has 8 nitrogen and oxygen atoms in total. The maximum absolute atomic E-state index is 5.93. The van der Waals surface area contributed by atoms with Crippen LogP contribution in [0.5, 0.6) is 0 Å². The number of aromatic nitrogens is 6. The van der Waals surface area contributed by atoms with Gasteiger partial charge in [0.05, 0.1) is 29.3 Å². The van der Waals surface area contributed by atoms with Crippen molar-refractivity contribution in [2.24, 2.45) is 5.73 Å². The highest BCUT2D eigenvalue weighted by molar-refractivity contribution is 7.13. The Balaban J connectivity index is 1.31. The minimum Gasteiger partial charge on any atom is -0.353 e. The van der Waals surface area contributed by atoms with Crippen molar-refractivity contribution in [3.63, 3.8) is 0 Å². The lowest BCUT2D eigenvalue weighted by molar-refractivity contribution is 0.514. The van der Waals surface area contributed by atoms with Gasteiger partial charge in [-0.1, -0.05) is 18.2 Å². The molecule has 7 rings (SSSR count). The van der Waals surface area contributed by atoms with Crippen LogP contribution in [-0.2, 0) is 0 Å². The van der Waals surface area contributed by atoms with Crippen LogP contribution in [0.3, 0.4) is 0 Å². The predicted molar refractivity (Wildman–Crippen MR) is 136 cm³/mol. The zero-order valence-corrected chi connectivity index (χ0v) is 18.9. The molecule has 0 spiro atoms. The van der Waals surface area contributed by atoms with E-state index < -0.39 is 0 Å². The number of pyridine rings is 1. The van der Waals surface area contributed by atoms with E-state index in [4.69, 9.17) is 15.7 Å². The first-order valence-corrected chi connectivity index (χ1v) is 11.9. The number of anilines is 1. The fourth-order valence-electron chi connectivity index (χ4n) is 4.49. The van der Waals surface area contributed by atoms with Gasteiger partial charge in [0.25, 0.3) is 0 Å². The van der Waals surface area contributed by atoms with E-state index in [1.54, 1.807) is 23.7 Å². The zero-order chi connectivity index (χ0) is 22.6. The summed E-state index contributed by atoms with van der Waals surface area (Å²) in [6, 6.07) is 16.8. The van der Waals surface area contributed by atoms with Crippen LogP contribution in [0.15, 0.2) is 66.3 Å². The van der Waals surface area contributed by atoms with Gasteiger partial charge < -0.3 is 15.6 Å². The summed E-state index contributed by atoms with van der Waals surface area (Å²) >= 11 is 1.74. The fraction of sp³-hybridized carbons (Fsp3) is 0.120. The average molecular weight is 465 g/mol. The Hall–Kier alpha value is -4.08. The molecule has 1 aromatic carbocycles. The summed E-state index contributed by atoms with van der Waals surface area (Å²) in [4.78, 5) is 21.0. The molecule has 0 bridgehead atoms. The van der Waals surface area contributed by atoms with Crippen LogP contribution < -0.4 is 10.6 Å². The van der Waals surface area contributed by atoms with Crippen LogP contribution in [0.2, 0.25) is 0 Å². The number of H-pyrrole nitrogens is 2. The molecule has 1 aliphatic heterocycles. The minimum atomic E-state index is 0.199. The number of benzene rings is 1. The van der Waals surface area contributed by atoms with Crippen LogP contribution in [-0.4, -0.2) is 49.3 Å². The van der Waals surface area contributed by atoms with E-state index in [1.165, 1.54) is 15.8 Å². The summed E-state index contributed by atoms with van der Waals surface area (Å²) in [5.74, 6) is 0.824. The lowest BCUT2D eigenvalue weighted by Crippen LogP contribution is -2.56. The summed E-state index contributed by atoms with van der Waals surface area (Å²) in [5.41, 5.74) is 13.0. The molecule has 0 radical (unpaired) electrons. The minimum absolute atomic E-state index is 0.199. The first kappa shape index (κ1) is 19.4. The molecular formula is C25H20N8S. The van der Waals surface area contributed by atoms with E-state index in [-0.39, 0.29) is 6.04 Å². The van der Waals surface area contributed by atoms with Crippen LogP contribution in [0.25, 0.3) is 55.2 Å². The SMILES string of the molecule is NC1CN(c2cncc(-c3ccc4[nH]nc(-c5cc6c(-c7cccs7)cccc6[nH]5)c4n3)n2)C1. The maximum atomic E-state index is 5.93. The molecule has 0 saturated carbocycles. The first-order valence-electron chi connectivity index (χ1n) is 11.1. The van der Waals surface area contributed by atoms with Crippen molar-refractivity contribution in [2.75, 3.05) is 18.0 Å². The highest BCUT2D eigenvalue weighted by Crippen LogP contribution is 2.35. The number of hydrogen-bond donors (Lipinski definition) is 3. The quantitative estimate of drug-likeness (QED) is 0.356. The molecular weight excluding hydrogens is 444 g/mol. The first-order chi connectivity index (χ1) is 16.7. The second-order valence-electron chi connectivity index (χ2n) is 8.52. The van der Waals surface area contributed by atoms with Crippen LogP contribution in [0.1, 0.15) is 0 Å². The molecule has 6 heterocycles. The van der Waals surface area contributed by atoms with Crippen molar-refractivity contribution >= 4 is 39.1 Å². The molecule has 6 aromatic rings. The smallest absolute Gasteiger partial charge is 0.147 e. The molecule has 5 aromatic heterocycles. The van der Waals surface area contributed by atoms with E-state index in [2.05, 4.69) is 66.8 Å². The molecule has 166 valence electrons. The number of fused-ring (bicyclic) bond motifs is 2. The highest BCUT2D eigenvalue weighted by Gasteiger charge is 2.25. The lowest BCUT2D eigenvalue weighted by Gasteiger charge is -2.37. The Labute approximate surface area is 198 Å². The Morgan fingerprint density at radius 3 is 2.76 bits per heavy atom. The highest BCUT2D eigenvalue weighted by atomic mass is 32.1. The van der Waals surface area contributed by atoms with Crippen molar-refractivity contribution in [3.05, 3.63) is 66.3 Å². The van der Waals surface area contributed by atoms with Gasteiger partial charge in [-0.25, -0.2) is 9.97 Å². The zero-order valence-electron chi connectivity index (χ0n) is 18.1. The maximum Gasteiger partial charge on any atom is 0.147 e. The lowest BCUT2D eigenvalue weighted by atomic mass is 10.1. The van der Waals surface area contributed by atoms with E-state index in [0.717, 1.165) is 58.2 Å². The predicted octanol–water partition coefficient (Wildman–Crippen LogP) is 4.44. The van der Waals surface area contributed by atoms with Gasteiger partial charge in [0.1, 0.15) is 22.7 Å². The van der Waals surface area contributed by atoms with Gasteiger partial charge in [0, 0.05) is 40.5 Å². The largest absolute Gasteiger partial charge is 0.353 e. The van der Waals surface area contributed by atoms with Crippen LogP contribution >= 0.6 is 11.3 Å². The number of nitrogens with two attached hydrogens (primary N) is 1. The van der Waals surface area contributed by atoms with Gasteiger partial charge in [-0.15, -0.1) is 11.3 Å². The molecule has 1 aliphatic rings. The van der Waals surface area contributed by atoms with Crippen LogP contribution in [0, 0.1) is 0 Å². The Morgan fingerprint density at radius 2 is 1.91 bits per heavy atom.